The van der Waals surface area contributed by atoms with Crippen molar-refractivity contribution in [3.05, 3.63) is 41.1 Å². The molecule has 0 bridgehead atoms. The van der Waals surface area contributed by atoms with Crippen molar-refractivity contribution in [3.8, 4) is 5.75 Å². The third kappa shape index (κ3) is 2.74. The fourth-order valence-corrected chi connectivity index (χ4v) is 5.04. The van der Waals surface area contributed by atoms with Crippen molar-refractivity contribution in [1.29, 1.82) is 0 Å². The van der Waals surface area contributed by atoms with Crippen LogP contribution in [-0.4, -0.2) is 25.1 Å². The lowest BCUT2D eigenvalue weighted by Crippen LogP contribution is -2.52. The minimum absolute atomic E-state index is 0.00271. The van der Waals surface area contributed by atoms with Crippen molar-refractivity contribution in [3.63, 3.8) is 0 Å². The Morgan fingerprint density at radius 1 is 1.19 bits per heavy atom. The van der Waals surface area contributed by atoms with Crippen LogP contribution in [0.2, 0.25) is 0 Å². The first-order valence-corrected chi connectivity index (χ1v) is 9.62. The number of rotatable bonds is 3. The summed E-state index contributed by atoms with van der Waals surface area (Å²) in [4.78, 5) is 13.2. The predicted molar refractivity (Wildman–Crippen MR) is 102 cm³/mol. The summed E-state index contributed by atoms with van der Waals surface area (Å²) in [7, 11) is 1.71. The van der Waals surface area contributed by atoms with Crippen molar-refractivity contribution in [2.75, 3.05) is 7.11 Å². The van der Waals surface area contributed by atoms with E-state index in [9.17, 15) is 4.79 Å². The molecule has 1 aliphatic carbocycles. The Morgan fingerprint density at radius 2 is 1.96 bits per heavy atom. The quantitative estimate of drug-likeness (QED) is 0.778. The van der Waals surface area contributed by atoms with Crippen LogP contribution in [0.1, 0.15) is 51.5 Å². The van der Waals surface area contributed by atoms with E-state index in [1.807, 2.05) is 18.2 Å². The van der Waals surface area contributed by atoms with Gasteiger partial charge in [0.05, 0.1) is 13.3 Å². The van der Waals surface area contributed by atoms with E-state index in [4.69, 9.17) is 4.74 Å². The van der Waals surface area contributed by atoms with Crippen LogP contribution in [-0.2, 0) is 4.79 Å². The highest BCUT2D eigenvalue weighted by Gasteiger charge is 2.50. The van der Waals surface area contributed by atoms with Gasteiger partial charge in [-0.3, -0.25) is 10.2 Å². The average Bonchev–Trinajstić information content (AvgIpc) is 3.01. The van der Waals surface area contributed by atoms with Gasteiger partial charge in [-0.05, 0) is 24.3 Å². The van der Waals surface area contributed by atoms with Crippen LogP contribution < -0.4 is 20.9 Å². The van der Waals surface area contributed by atoms with Gasteiger partial charge < -0.3 is 10.1 Å². The second-order valence-corrected chi connectivity index (χ2v) is 8.56. The molecule has 4 rings (SSSR count). The maximum absolute atomic E-state index is 13.2. The molecule has 1 saturated heterocycles. The minimum atomic E-state index is -0.00271. The number of carbonyl (C=O) groups is 1. The lowest BCUT2D eigenvalue weighted by molar-refractivity contribution is -0.118. The van der Waals surface area contributed by atoms with Crippen LogP contribution in [0.15, 0.2) is 35.5 Å². The molecule has 0 radical (unpaired) electrons. The van der Waals surface area contributed by atoms with E-state index in [-0.39, 0.29) is 29.2 Å². The third-order valence-corrected chi connectivity index (χ3v) is 6.13. The zero-order chi connectivity index (χ0) is 18.5. The summed E-state index contributed by atoms with van der Waals surface area (Å²) in [5, 5.41) is 3.65. The molecule has 0 spiro atoms. The smallest absolute Gasteiger partial charge is 0.161 e. The van der Waals surface area contributed by atoms with Crippen molar-refractivity contribution >= 4 is 5.78 Å². The van der Waals surface area contributed by atoms with Gasteiger partial charge in [-0.15, -0.1) is 0 Å². The molecule has 4 atom stereocenters. The Kier molecular flexibility index (Phi) is 4.32. The van der Waals surface area contributed by atoms with E-state index in [1.54, 1.807) is 7.11 Å². The summed E-state index contributed by atoms with van der Waals surface area (Å²) in [5.74, 6) is 1.45. The summed E-state index contributed by atoms with van der Waals surface area (Å²) in [6.07, 6.45) is 2.63. The summed E-state index contributed by atoms with van der Waals surface area (Å²) in [5.41, 5.74) is 10.1. The van der Waals surface area contributed by atoms with E-state index in [0.717, 1.165) is 35.4 Å². The molecular formula is C21H29N3O2. The summed E-state index contributed by atoms with van der Waals surface area (Å²) in [6.45, 7) is 6.54. The van der Waals surface area contributed by atoms with Gasteiger partial charge in [-0.1, -0.05) is 39.0 Å². The Hall–Kier alpha value is -1.85. The number of methoxy groups -OCH3 is 1. The Bertz CT molecular complexity index is 755. The van der Waals surface area contributed by atoms with Crippen molar-refractivity contribution < 1.29 is 9.53 Å². The Balaban J connectivity index is 1.89. The van der Waals surface area contributed by atoms with Gasteiger partial charge >= 0.3 is 0 Å². The first-order chi connectivity index (χ1) is 12.4. The zero-order valence-corrected chi connectivity index (χ0v) is 16.1. The number of hydrogen-bond acceptors (Lipinski definition) is 5. The number of Topliss-reactive ketones (excluding diaryl/α,β-unsaturated/α-hetero) is 1. The first kappa shape index (κ1) is 17.6. The van der Waals surface area contributed by atoms with Gasteiger partial charge in [0.2, 0.25) is 0 Å². The molecule has 0 amide bonds. The maximum atomic E-state index is 13.2. The number of nitrogens with one attached hydrogen (secondary N) is 3. The Morgan fingerprint density at radius 3 is 2.69 bits per heavy atom. The third-order valence-electron chi connectivity index (χ3n) is 6.13. The molecule has 1 aromatic carbocycles. The van der Waals surface area contributed by atoms with Gasteiger partial charge in [0.25, 0.3) is 0 Å². The summed E-state index contributed by atoms with van der Waals surface area (Å²) >= 11 is 0. The van der Waals surface area contributed by atoms with Crippen molar-refractivity contribution in [2.24, 2.45) is 11.3 Å². The number of benzene rings is 1. The van der Waals surface area contributed by atoms with Gasteiger partial charge in [0.1, 0.15) is 5.75 Å². The molecule has 140 valence electrons. The van der Waals surface area contributed by atoms with E-state index in [2.05, 4.69) is 43.0 Å². The summed E-state index contributed by atoms with van der Waals surface area (Å²) < 4.78 is 5.68. The monoisotopic (exact) mass is 355 g/mol. The van der Waals surface area contributed by atoms with Crippen LogP contribution >= 0.6 is 0 Å². The highest BCUT2D eigenvalue weighted by molar-refractivity contribution is 5.99. The number of hydrogen-bond donors (Lipinski definition) is 3. The molecule has 2 heterocycles. The number of para-hydroxylation sites is 1. The lowest BCUT2D eigenvalue weighted by atomic mass is 9.65. The fourth-order valence-electron chi connectivity index (χ4n) is 5.04. The number of hydrazine groups is 1. The zero-order valence-electron chi connectivity index (χ0n) is 16.1. The molecule has 2 aliphatic heterocycles. The molecule has 0 aromatic heterocycles. The number of carbonyl (C=O) groups excluding carboxylic acids is 1. The molecule has 1 aromatic rings. The van der Waals surface area contributed by atoms with E-state index in [1.165, 1.54) is 0 Å². The topological polar surface area (TPSA) is 62.4 Å². The normalized spacial score (nSPS) is 32.7. The summed E-state index contributed by atoms with van der Waals surface area (Å²) in [6, 6.07) is 8.46. The van der Waals surface area contributed by atoms with Crippen LogP contribution in [0.5, 0.6) is 5.75 Å². The number of allylic oxidation sites excluding steroid dienone is 2. The molecule has 5 heteroatoms. The van der Waals surface area contributed by atoms with Crippen LogP contribution in [0.3, 0.4) is 0 Å². The minimum Gasteiger partial charge on any atom is -0.496 e. The predicted octanol–water partition coefficient (Wildman–Crippen LogP) is 2.85. The lowest BCUT2D eigenvalue weighted by Gasteiger charge is -2.44. The molecule has 3 aliphatic rings. The first-order valence-electron chi connectivity index (χ1n) is 9.62. The van der Waals surface area contributed by atoms with Gasteiger partial charge in [-0.25, -0.2) is 5.43 Å². The fraction of sp³-hybridized carbons (Fsp3) is 0.571. The van der Waals surface area contributed by atoms with Gasteiger partial charge in [0, 0.05) is 41.1 Å². The van der Waals surface area contributed by atoms with E-state index < -0.39 is 0 Å². The average molecular weight is 355 g/mol. The highest BCUT2D eigenvalue weighted by atomic mass is 16.5. The number of ketones is 1. The van der Waals surface area contributed by atoms with Crippen LogP contribution in [0.4, 0.5) is 0 Å². The molecule has 1 fully saturated rings. The van der Waals surface area contributed by atoms with Crippen molar-refractivity contribution in [2.45, 2.75) is 58.2 Å². The second-order valence-electron chi connectivity index (χ2n) is 8.56. The van der Waals surface area contributed by atoms with E-state index >= 15 is 0 Å². The molecule has 0 saturated carbocycles. The van der Waals surface area contributed by atoms with Gasteiger partial charge in [0.15, 0.2) is 5.78 Å². The molecule has 5 nitrogen and oxygen atoms in total. The van der Waals surface area contributed by atoms with Crippen LogP contribution in [0.25, 0.3) is 0 Å². The second kappa shape index (κ2) is 6.39. The largest absolute Gasteiger partial charge is 0.496 e. The SMILES string of the molecule is CCC1NNC2NC3=C(C(=O)CC(C)(C)C3)C(c3ccccc3OC)C12. The van der Waals surface area contributed by atoms with Gasteiger partial charge in [-0.2, -0.15) is 0 Å². The number of fused-ring (bicyclic) bond motifs is 1. The maximum Gasteiger partial charge on any atom is 0.161 e. The molecule has 26 heavy (non-hydrogen) atoms. The number of ether oxygens (including phenoxy) is 1. The molecular weight excluding hydrogens is 326 g/mol. The standard InChI is InChI=1S/C21H29N3O2/c1-5-13-19-17(12-8-6-7-9-16(12)26-4)18-14(22-20(19)24-23-13)10-21(2,3)11-15(18)25/h6-9,13,17,19-20,22-24H,5,10-11H2,1-4H3. The van der Waals surface area contributed by atoms with E-state index in [0.29, 0.717) is 12.5 Å². The van der Waals surface area contributed by atoms with Crippen molar-refractivity contribution in [1.82, 2.24) is 16.2 Å². The molecule has 4 unspecified atom stereocenters. The van der Waals surface area contributed by atoms with Crippen LogP contribution in [0, 0.1) is 11.3 Å². The molecule has 3 N–H and O–H groups in total. The Labute approximate surface area is 155 Å². The highest BCUT2D eigenvalue weighted by Crippen LogP contribution is 2.50.